The van der Waals surface area contributed by atoms with Crippen LogP contribution in [0.1, 0.15) is 17.0 Å². The SMILES string of the molecule is O=C(O)C1Cc2ccccc2C(C(=O)O)C1C(=O)O. The molecule has 2 rings (SSSR count). The third kappa shape index (κ3) is 2.16. The zero-order valence-electron chi connectivity index (χ0n) is 9.81. The highest BCUT2D eigenvalue weighted by Crippen LogP contribution is 2.40. The third-order valence-corrected chi connectivity index (χ3v) is 3.49. The van der Waals surface area contributed by atoms with Crippen molar-refractivity contribution < 1.29 is 29.7 Å². The smallest absolute Gasteiger partial charge is 0.311 e. The van der Waals surface area contributed by atoms with Crippen LogP contribution in [0.2, 0.25) is 0 Å². The Morgan fingerprint density at radius 3 is 2.11 bits per heavy atom. The quantitative estimate of drug-likeness (QED) is 0.744. The first-order valence-corrected chi connectivity index (χ1v) is 5.69. The molecule has 100 valence electrons. The molecule has 0 saturated heterocycles. The molecule has 1 aromatic carbocycles. The fourth-order valence-electron chi connectivity index (χ4n) is 2.66. The second kappa shape index (κ2) is 4.72. The zero-order chi connectivity index (χ0) is 14.2. The zero-order valence-corrected chi connectivity index (χ0v) is 9.81. The van der Waals surface area contributed by atoms with Gasteiger partial charge in [0.15, 0.2) is 0 Å². The maximum atomic E-state index is 11.3. The van der Waals surface area contributed by atoms with Crippen LogP contribution in [0.5, 0.6) is 0 Å². The predicted molar refractivity (Wildman–Crippen MR) is 62.8 cm³/mol. The van der Waals surface area contributed by atoms with E-state index in [-0.39, 0.29) is 6.42 Å². The van der Waals surface area contributed by atoms with Gasteiger partial charge in [-0.25, -0.2) is 0 Å². The molecule has 0 fully saturated rings. The number of carboxylic acids is 3. The Morgan fingerprint density at radius 1 is 0.947 bits per heavy atom. The van der Waals surface area contributed by atoms with Crippen LogP contribution in [0.15, 0.2) is 24.3 Å². The van der Waals surface area contributed by atoms with Gasteiger partial charge in [-0.2, -0.15) is 0 Å². The predicted octanol–water partition coefficient (Wildman–Crippen LogP) is 0.813. The summed E-state index contributed by atoms with van der Waals surface area (Å²) >= 11 is 0. The summed E-state index contributed by atoms with van der Waals surface area (Å²) in [4.78, 5) is 33.8. The molecule has 0 bridgehead atoms. The Morgan fingerprint density at radius 2 is 1.58 bits per heavy atom. The van der Waals surface area contributed by atoms with Crippen molar-refractivity contribution >= 4 is 17.9 Å². The molecule has 0 aliphatic heterocycles. The number of hydrogen-bond donors (Lipinski definition) is 3. The Hall–Kier alpha value is -2.37. The third-order valence-electron chi connectivity index (χ3n) is 3.49. The average molecular weight is 264 g/mol. The molecular formula is C13H12O6. The van der Waals surface area contributed by atoms with Crippen LogP contribution in [0.25, 0.3) is 0 Å². The van der Waals surface area contributed by atoms with Crippen molar-refractivity contribution in [1.82, 2.24) is 0 Å². The lowest BCUT2D eigenvalue weighted by atomic mass is 9.69. The molecule has 6 heteroatoms. The Bertz CT molecular complexity index is 550. The van der Waals surface area contributed by atoms with E-state index in [9.17, 15) is 24.6 Å². The lowest BCUT2D eigenvalue weighted by Gasteiger charge is -2.32. The van der Waals surface area contributed by atoms with Crippen molar-refractivity contribution in [1.29, 1.82) is 0 Å². The van der Waals surface area contributed by atoms with Gasteiger partial charge in [0.2, 0.25) is 0 Å². The molecule has 19 heavy (non-hydrogen) atoms. The van der Waals surface area contributed by atoms with Gasteiger partial charge in [0.25, 0.3) is 0 Å². The monoisotopic (exact) mass is 264 g/mol. The highest BCUT2D eigenvalue weighted by atomic mass is 16.4. The first-order valence-electron chi connectivity index (χ1n) is 5.69. The summed E-state index contributed by atoms with van der Waals surface area (Å²) in [5.41, 5.74) is 0.972. The van der Waals surface area contributed by atoms with E-state index in [1.807, 2.05) is 0 Å². The van der Waals surface area contributed by atoms with Gasteiger partial charge >= 0.3 is 17.9 Å². The summed E-state index contributed by atoms with van der Waals surface area (Å²) in [7, 11) is 0. The minimum atomic E-state index is -1.45. The topological polar surface area (TPSA) is 112 Å². The lowest BCUT2D eigenvalue weighted by Crippen LogP contribution is -2.42. The number of carbonyl (C=O) groups is 3. The van der Waals surface area contributed by atoms with Crippen LogP contribution in [-0.4, -0.2) is 33.2 Å². The molecule has 1 aliphatic carbocycles. The standard InChI is InChI=1S/C13H12O6/c14-11(15)8-5-6-3-1-2-4-7(6)9(12(16)17)10(8)13(18)19/h1-4,8-10H,5H2,(H,14,15)(H,16,17)(H,18,19). The second-order valence-corrected chi connectivity index (χ2v) is 4.53. The Labute approximate surface area is 108 Å². The van der Waals surface area contributed by atoms with E-state index >= 15 is 0 Å². The highest BCUT2D eigenvalue weighted by Gasteiger charge is 2.47. The van der Waals surface area contributed by atoms with Gasteiger partial charge in [-0.3, -0.25) is 14.4 Å². The fourth-order valence-corrected chi connectivity index (χ4v) is 2.66. The summed E-state index contributed by atoms with van der Waals surface area (Å²) in [5.74, 6) is -8.00. The molecule has 0 amide bonds. The van der Waals surface area contributed by atoms with Crippen LogP contribution in [0.4, 0.5) is 0 Å². The van der Waals surface area contributed by atoms with Crippen LogP contribution < -0.4 is 0 Å². The molecule has 0 spiro atoms. The molecule has 1 aliphatic rings. The molecule has 0 radical (unpaired) electrons. The minimum Gasteiger partial charge on any atom is -0.481 e. The number of benzene rings is 1. The maximum Gasteiger partial charge on any atom is 0.311 e. The van der Waals surface area contributed by atoms with E-state index in [0.29, 0.717) is 11.1 Å². The van der Waals surface area contributed by atoms with Crippen LogP contribution in [0.3, 0.4) is 0 Å². The van der Waals surface area contributed by atoms with Crippen LogP contribution >= 0.6 is 0 Å². The summed E-state index contributed by atoms with van der Waals surface area (Å²) in [6.07, 6.45) is 0.0340. The van der Waals surface area contributed by atoms with E-state index in [4.69, 9.17) is 5.11 Å². The van der Waals surface area contributed by atoms with Crippen LogP contribution in [-0.2, 0) is 20.8 Å². The molecule has 3 N–H and O–H groups in total. The second-order valence-electron chi connectivity index (χ2n) is 4.53. The highest BCUT2D eigenvalue weighted by molar-refractivity contribution is 5.89. The molecule has 0 heterocycles. The Balaban J connectivity index is 2.60. The first-order chi connectivity index (χ1) is 8.93. The lowest BCUT2D eigenvalue weighted by molar-refractivity contribution is -0.159. The van der Waals surface area contributed by atoms with Crippen molar-refractivity contribution in [2.24, 2.45) is 11.8 Å². The number of aliphatic carboxylic acids is 3. The van der Waals surface area contributed by atoms with E-state index in [1.54, 1.807) is 24.3 Å². The van der Waals surface area contributed by atoms with Gasteiger partial charge < -0.3 is 15.3 Å². The van der Waals surface area contributed by atoms with Gasteiger partial charge in [-0.05, 0) is 17.5 Å². The van der Waals surface area contributed by atoms with E-state index in [1.165, 1.54) is 0 Å². The van der Waals surface area contributed by atoms with Crippen molar-refractivity contribution in [3.05, 3.63) is 35.4 Å². The number of rotatable bonds is 3. The van der Waals surface area contributed by atoms with E-state index < -0.39 is 35.7 Å². The van der Waals surface area contributed by atoms with Gasteiger partial charge in [-0.15, -0.1) is 0 Å². The summed E-state index contributed by atoms with van der Waals surface area (Å²) in [6, 6.07) is 6.48. The molecule has 3 unspecified atom stereocenters. The number of hydrogen-bond acceptors (Lipinski definition) is 3. The van der Waals surface area contributed by atoms with Gasteiger partial charge in [0, 0.05) is 0 Å². The maximum absolute atomic E-state index is 11.3. The fraction of sp³-hybridized carbons (Fsp3) is 0.308. The van der Waals surface area contributed by atoms with Crippen molar-refractivity contribution in [3.8, 4) is 0 Å². The molecule has 6 nitrogen and oxygen atoms in total. The normalized spacial score (nSPS) is 25.4. The van der Waals surface area contributed by atoms with Crippen LogP contribution in [0, 0.1) is 11.8 Å². The van der Waals surface area contributed by atoms with Crippen molar-refractivity contribution in [2.75, 3.05) is 0 Å². The number of fused-ring (bicyclic) bond motifs is 1. The van der Waals surface area contributed by atoms with Gasteiger partial charge in [-0.1, -0.05) is 24.3 Å². The number of carboxylic acid groups (broad SMARTS) is 3. The summed E-state index contributed by atoms with van der Waals surface area (Å²) < 4.78 is 0. The van der Waals surface area contributed by atoms with Gasteiger partial charge in [0.05, 0.1) is 17.8 Å². The van der Waals surface area contributed by atoms with Gasteiger partial charge in [0.1, 0.15) is 0 Å². The molecule has 0 aromatic heterocycles. The molecule has 3 atom stereocenters. The average Bonchev–Trinajstić information content (AvgIpc) is 2.35. The van der Waals surface area contributed by atoms with E-state index in [2.05, 4.69) is 0 Å². The van der Waals surface area contributed by atoms with E-state index in [0.717, 1.165) is 0 Å². The molecule has 0 saturated carbocycles. The van der Waals surface area contributed by atoms with Crippen molar-refractivity contribution in [2.45, 2.75) is 12.3 Å². The largest absolute Gasteiger partial charge is 0.481 e. The minimum absolute atomic E-state index is 0.0340. The Kier molecular flexibility index (Phi) is 3.25. The van der Waals surface area contributed by atoms with Crippen molar-refractivity contribution in [3.63, 3.8) is 0 Å². The summed E-state index contributed by atoms with van der Waals surface area (Å²) in [6.45, 7) is 0. The molecular weight excluding hydrogens is 252 g/mol. The first kappa shape index (κ1) is 13.1. The summed E-state index contributed by atoms with van der Waals surface area (Å²) in [5, 5.41) is 27.5. The molecule has 1 aromatic rings.